The first-order valence-corrected chi connectivity index (χ1v) is 11.6. The van der Waals surface area contributed by atoms with E-state index in [0.29, 0.717) is 19.6 Å². The van der Waals surface area contributed by atoms with E-state index in [1.807, 2.05) is 53.7 Å². The van der Waals surface area contributed by atoms with Gasteiger partial charge >= 0.3 is 5.97 Å². The van der Waals surface area contributed by atoms with Gasteiger partial charge in [0.15, 0.2) is 0 Å². The maximum absolute atomic E-state index is 11.1. The Morgan fingerprint density at radius 2 is 1.76 bits per heavy atom. The monoisotopic (exact) mass is 457 g/mol. The highest BCUT2D eigenvalue weighted by atomic mass is 16.5. The SMILES string of the molecule is O=C(O)CCc1ccc(CN2C=CCN2)cc1OCCN(Cc1ccccc1)c1ccccc1. The summed E-state index contributed by atoms with van der Waals surface area (Å²) in [6, 6.07) is 26.8. The van der Waals surface area contributed by atoms with E-state index in [2.05, 4.69) is 52.8 Å². The Kier molecular flexibility index (Phi) is 8.19. The number of aliphatic carboxylic acids is 1. The summed E-state index contributed by atoms with van der Waals surface area (Å²) in [4.78, 5) is 13.4. The van der Waals surface area contributed by atoms with Crippen molar-refractivity contribution in [2.24, 2.45) is 0 Å². The van der Waals surface area contributed by atoms with Gasteiger partial charge in [-0.3, -0.25) is 4.79 Å². The van der Waals surface area contributed by atoms with Crippen LogP contribution in [0.15, 0.2) is 91.1 Å². The second-order valence-electron chi connectivity index (χ2n) is 8.30. The molecule has 34 heavy (non-hydrogen) atoms. The Morgan fingerprint density at radius 1 is 1.00 bits per heavy atom. The van der Waals surface area contributed by atoms with Crippen LogP contribution >= 0.6 is 0 Å². The van der Waals surface area contributed by atoms with Crippen molar-refractivity contribution >= 4 is 11.7 Å². The highest BCUT2D eigenvalue weighted by Gasteiger charge is 2.12. The van der Waals surface area contributed by atoms with E-state index < -0.39 is 5.97 Å². The number of carbonyl (C=O) groups is 1. The topological polar surface area (TPSA) is 65.0 Å². The average Bonchev–Trinajstić information content (AvgIpc) is 3.37. The number of hydrogen-bond donors (Lipinski definition) is 2. The van der Waals surface area contributed by atoms with Crippen LogP contribution < -0.4 is 15.1 Å². The lowest BCUT2D eigenvalue weighted by molar-refractivity contribution is -0.136. The highest BCUT2D eigenvalue weighted by molar-refractivity contribution is 5.67. The van der Waals surface area contributed by atoms with Gasteiger partial charge in [0.1, 0.15) is 12.4 Å². The first-order valence-electron chi connectivity index (χ1n) is 11.6. The van der Waals surface area contributed by atoms with E-state index in [4.69, 9.17) is 9.84 Å². The minimum Gasteiger partial charge on any atom is -0.491 e. The summed E-state index contributed by atoms with van der Waals surface area (Å²) < 4.78 is 6.27. The van der Waals surface area contributed by atoms with Gasteiger partial charge in [0, 0.05) is 31.4 Å². The van der Waals surface area contributed by atoms with E-state index in [-0.39, 0.29) is 6.42 Å². The van der Waals surface area contributed by atoms with Crippen LogP contribution in [0.25, 0.3) is 0 Å². The minimum absolute atomic E-state index is 0.0796. The van der Waals surface area contributed by atoms with Crippen LogP contribution in [0.2, 0.25) is 0 Å². The van der Waals surface area contributed by atoms with Gasteiger partial charge in [-0.15, -0.1) is 0 Å². The molecule has 3 aromatic carbocycles. The van der Waals surface area contributed by atoms with Crippen LogP contribution in [0.3, 0.4) is 0 Å². The van der Waals surface area contributed by atoms with E-state index in [0.717, 1.165) is 42.2 Å². The predicted octanol–water partition coefficient (Wildman–Crippen LogP) is 4.62. The third-order valence-electron chi connectivity index (χ3n) is 5.75. The van der Waals surface area contributed by atoms with Crippen molar-refractivity contribution in [1.82, 2.24) is 10.4 Å². The summed E-state index contributed by atoms with van der Waals surface area (Å²) in [6.07, 6.45) is 4.62. The summed E-state index contributed by atoms with van der Waals surface area (Å²) in [5.74, 6) is -0.0470. The molecule has 3 aromatic rings. The Balaban J connectivity index is 1.46. The molecule has 0 saturated heterocycles. The summed E-state index contributed by atoms with van der Waals surface area (Å²) in [7, 11) is 0. The molecule has 1 heterocycles. The molecule has 6 heteroatoms. The molecule has 0 unspecified atom stereocenters. The third kappa shape index (κ3) is 6.86. The molecule has 6 nitrogen and oxygen atoms in total. The van der Waals surface area contributed by atoms with Crippen LogP contribution in [-0.4, -0.2) is 35.8 Å². The number of benzene rings is 3. The van der Waals surface area contributed by atoms with E-state index >= 15 is 0 Å². The second kappa shape index (κ2) is 11.9. The number of nitrogens with one attached hydrogen (secondary N) is 1. The number of para-hydroxylation sites is 1. The van der Waals surface area contributed by atoms with Crippen molar-refractivity contribution in [3.63, 3.8) is 0 Å². The fraction of sp³-hybridized carbons (Fsp3) is 0.250. The van der Waals surface area contributed by atoms with Crippen LogP contribution in [-0.2, 0) is 24.3 Å². The van der Waals surface area contributed by atoms with E-state index in [9.17, 15) is 4.79 Å². The number of hydrogen-bond acceptors (Lipinski definition) is 5. The number of anilines is 1. The number of carboxylic acid groups (broad SMARTS) is 1. The van der Waals surface area contributed by atoms with E-state index in [1.54, 1.807) is 0 Å². The number of hydrazine groups is 1. The number of carboxylic acids is 1. The number of aryl methyl sites for hydroxylation is 1. The molecule has 2 N–H and O–H groups in total. The summed E-state index contributed by atoms with van der Waals surface area (Å²) >= 11 is 0. The van der Waals surface area contributed by atoms with Crippen molar-refractivity contribution in [2.45, 2.75) is 25.9 Å². The van der Waals surface area contributed by atoms with Crippen LogP contribution in [0.1, 0.15) is 23.1 Å². The summed E-state index contributed by atoms with van der Waals surface area (Å²) in [6.45, 7) is 3.53. The maximum Gasteiger partial charge on any atom is 0.303 e. The van der Waals surface area contributed by atoms with E-state index in [1.165, 1.54) is 5.56 Å². The van der Waals surface area contributed by atoms with Gasteiger partial charge in [-0.2, -0.15) is 0 Å². The third-order valence-corrected chi connectivity index (χ3v) is 5.75. The molecule has 0 bridgehead atoms. The molecule has 0 radical (unpaired) electrons. The molecular formula is C28H31N3O3. The molecule has 0 aromatic heterocycles. The molecular weight excluding hydrogens is 426 g/mol. The molecule has 1 aliphatic rings. The van der Waals surface area contributed by atoms with Gasteiger partial charge in [0.25, 0.3) is 0 Å². The van der Waals surface area contributed by atoms with Crippen molar-refractivity contribution in [3.8, 4) is 5.75 Å². The van der Waals surface area contributed by atoms with Gasteiger partial charge < -0.3 is 19.8 Å². The zero-order valence-electron chi connectivity index (χ0n) is 19.3. The fourth-order valence-corrected chi connectivity index (χ4v) is 4.00. The largest absolute Gasteiger partial charge is 0.491 e. The number of ether oxygens (including phenoxy) is 1. The van der Waals surface area contributed by atoms with Gasteiger partial charge in [-0.1, -0.05) is 66.7 Å². The molecule has 4 rings (SSSR count). The molecule has 0 amide bonds. The van der Waals surface area contributed by atoms with Gasteiger partial charge in [-0.25, -0.2) is 5.43 Å². The molecule has 0 fully saturated rings. The summed E-state index contributed by atoms with van der Waals surface area (Å²) in [5, 5.41) is 11.2. The Hall–Kier alpha value is -3.77. The molecule has 176 valence electrons. The number of nitrogens with zero attached hydrogens (tertiary/aromatic N) is 2. The lowest BCUT2D eigenvalue weighted by Crippen LogP contribution is -2.28. The first kappa shape index (κ1) is 23.4. The van der Waals surface area contributed by atoms with Crippen molar-refractivity contribution in [1.29, 1.82) is 0 Å². The number of rotatable bonds is 12. The normalized spacial score (nSPS) is 12.6. The van der Waals surface area contributed by atoms with Gasteiger partial charge in [-0.05, 0) is 41.3 Å². The first-order chi connectivity index (χ1) is 16.7. The molecule has 0 spiro atoms. The van der Waals surface area contributed by atoms with Gasteiger partial charge in [0.05, 0.1) is 13.1 Å². The standard InChI is InChI=1S/C28H31N3O3/c32-28(33)15-14-25-13-12-24(22-31-17-7-16-29-31)20-27(25)34-19-18-30(26-10-5-2-6-11-26)21-23-8-3-1-4-9-23/h1-13,17,20,29H,14-16,18-19,21-22H2,(H,32,33). The van der Waals surface area contributed by atoms with Crippen LogP contribution in [0.5, 0.6) is 5.75 Å². The average molecular weight is 458 g/mol. The van der Waals surface area contributed by atoms with Crippen molar-refractivity contribution in [3.05, 3.63) is 108 Å². The molecule has 1 aliphatic heterocycles. The fourth-order valence-electron chi connectivity index (χ4n) is 4.00. The maximum atomic E-state index is 11.1. The predicted molar refractivity (Wildman–Crippen MR) is 135 cm³/mol. The molecule has 0 saturated carbocycles. The van der Waals surface area contributed by atoms with Crippen LogP contribution in [0.4, 0.5) is 5.69 Å². The second-order valence-corrected chi connectivity index (χ2v) is 8.30. The quantitative estimate of drug-likeness (QED) is 0.414. The Labute approximate surface area is 201 Å². The van der Waals surface area contributed by atoms with Crippen molar-refractivity contribution in [2.75, 3.05) is 24.6 Å². The molecule has 0 aliphatic carbocycles. The lowest BCUT2D eigenvalue weighted by Gasteiger charge is -2.25. The minimum atomic E-state index is -0.806. The highest BCUT2D eigenvalue weighted by Crippen LogP contribution is 2.24. The summed E-state index contributed by atoms with van der Waals surface area (Å²) in [5.41, 5.74) is 7.68. The smallest absolute Gasteiger partial charge is 0.303 e. The van der Waals surface area contributed by atoms with Crippen molar-refractivity contribution < 1.29 is 14.6 Å². The Bertz CT molecular complexity index is 1090. The zero-order chi connectivity index (χ0) is 23.6. The lowest BCUT2D eigenvalue weighted by atomic mass is 10.1. The zero-order valence-corrected chi connectivity index (χ0v) is 19.3. The molecule has 0 atom stereocenters. The van der Waals surface area contributed by atoms with Gasteiger partial charge in [0.2, 0.25) is 0 Å². The Morgan fingerprint density at radius 3 is 2.47 bits per heavy atom. The van der Waals surface area contributed by atoms with Crippen LogP contribution in [0, 0.1) is 0 Å².